The van der Waals surface area contributed by atoms with E-state index >= 15 is 0 Å². The first-order valence-corrected chi connectivity index (χ1v) is 12.4. The van der Waals surface area contributed by atoms with E-state index in [1.807, 2.05) is 35.2 Å². The van der Waals surface area contributed by atoms with Crippen molar-refractivity contribution in [2.24, 2.45) is 5.92 Å². The highest BCUT2D eigenvalue weighted by Gasteiger charge is 2.25. The number of carbonyl (C=O) groups excluding carboxylic acids is 1. The summed E-state index contributed by atoms with van der Waals surface area (Å²) in [5.41, 5.74) is 2.37. The van der Waals surface area contributed by atoms with Crippen LogP contribution in [-0.2, 0) is 17.8 Å². The van der Waals surface area contributed by atoms with E-state index in [4.69, 9.17) is 23.7 Å². The standard InChI is InChI=1S/C27H34N2O6/c1-31-24-12-20-7-11-29(16-21(20)13-25(24)32-2)27(30)8-10-28-9-3-4-19(15-28)17-33-22-5-6-23-26(14-22)35-18-34-23/h5-6,12-14,19H,3-4,7-11,15-18H2,1-2H3. The Morgan fingerprint density at radius 2 is 1.83 bits per heavy atom. The van der Waals surface area contributed by atoms with Gasteiger partial charge < -0.3 is 33.5 Å². The van der Waals surface area contributed by atoms with E-state index in [1.54, 1.807) is 14.2 Å². The number of ether oxygens (including phenoxy) is 5. The molecule has 3 heterocycles. The minimum atomic E-state index is 0.212. The van der Waals surface area contributed by atoms with Gasteiger partial charge in [0.1, 0.15) is 5.75 Å². The Labute approximate surface area is 206 Å². The molecule has 3 aliphatic heterocycles. The molecule has 1 saturated heterocycles. The van der Waals surface area contributed by atoms with Gasteiger partial charge in [-0.2, -0.15) is 0 Å². The smallest absolute Gasteiger partial charge is 0.231 e. The average molecular weight is 483 g/mol. The van der Waals surface area contributed by atoms with E-state index < -0.39 is 0 Å². The molecule has 0 aliphatic carbocycles. The molecular formula is C27H34N2O6. The van der Waals surface area contributed by atoms with Crippen molar-refractivity contribution in [2.75, 3.05) is 53.8 Å². The fourth-order valence-corrected chi connectivity index (χ4v) is 5.18. The Kier molecular flexibility index (Phi) is 7.18. The zero-order chi connectivity index (χ0) is 24.2. The number of carbonyl (C=O) groups is 1. The summed E-state index contributed by atoms with van der Waals surface area (Å²) in [4.78, 5) is 17.4. The number of methoxy groups -OCH3 is 2. The quantitative estimate of drug-likeness (QED) is 0.570. The largest absolute Gasteiger partial charge is 0.493 e. The number of fused-ring (bicyclic) bond motifs is 2. The van der Waals surface area contributed by atoms with E-state index in [-0.39, 0.29) is 12.7 Å². The second kappa shape index (κ2) is 10.6. The average Bonchev–Trinajstić information content (AvgIpc) is 3.37. The van der Waals surface area contributed by atoms with Gasteiger partial charge in [-0.25, -0.2) is 0 Å². The van der Waals surface area contributed by atoms with Crippen molar-refractivity contribution >= 4 is 5.91 Å². The van der Waals surface area contributed by atoms with Gasteiger partial charge in [0.05, 0.1) is 20.8 Å². The molecule has 0 bridgehead atoms. The lowest BCUT2D eigenvalue weighted by Gasteiger charge is -2.34. The summed E-state index contributed by atoms with van der Waals surface area (Å²) in [6.45, 7) is 5.08. The second-order valence-corrected chi connectivity index (χ2v) is 9.43. The molecule has 8 heteroatoms. The molecule has 1 amide bonds. The Bertz CT molecular complexity index is 1060. The van der Waals surface area contributed by atoms with E-state index in [1.165, 1.54) is 5.56 Å². The third-order valence-electron chi connectivity index (χ3n) is 7.15. The Morgan fingerprint density at radius 1 is 1.03 bits per heavy atom. The zero-order valence-corrected chi connectivity index (χ0v) is 20.6. The van der Waals surface area contributed by atoms with Gasteiger partial charge in [-0.05, 0) is 61.2 Å². The number of hydrogen-bond acceptors (Lipinski definition) is 7. The first-order valence-electron chi connectivity index (χ1n) is 12.4. The highest BCUT2D eigenvalue weighted by Crippen LogP contribution is 2.36. The normalized spacial score (nSPS) is 19.3. The number of nitrogens with zero attached hydrogens (tertiary/aromatic N) is 2. The topological polar surface area (TPSA) is 69.7 Å². The highest BCUT2D eigenvalue weighted by molar-refractivity contribution is 5.76. The molecule has 188 valence electrons. The molecule has 2 aromatic carbocycles. The first-order chi connectivity index (χ1) is 17.1. The van der Waals surface area contributed by atoms with Crippen molar-refractivity contribution in [3.63, 3.8) is 0 Å². The molecule has 1 atom stereocenters. The van der Waals surface area contributed by atoms with Crippen LogP contribution in [0.2, 0.25) is 0 Å². The lowest BCUT2D eigenvalue weighted by atomic mass is 9.98. The molecule has 2 aromatic rings. The molecule has 1 unspecified atom stereocenters. The van der Waals surface area contributed by atoms with Crippen molar-refractivity contribution in [2.45, 2.75) is 32.2 Å². The van der Waals surface area contributed by atoms with Crippen LogP contribution in [0, 0.1) is 5.92 Å². The lowest BCUT2D eigenvalue weighted by molar-refractivity contribution is -0.132. The number of rotatable bonds is 8. The van der Waals surface area contributed by atoms with Crippen molar-refractivity contribution in [3.05, 3.63) is 41.5 Å². The summed E-state index contributed by atoms with van der Waals surface area (Å²) in [5, 5.41) is 0. The van der Waals surface area contributed by atoms with Gasteiger partial charge in [-0.1, -0.05) is 0 Å². The van der Waals surface area contributed by atoms with Crippen molar-refractivity contribution in [1.29, 1.82) is 0 Å². The molecular weight excluding hydrogens is 448 g/mol. The lowest BCUT2D eigenvalue weighted by Crippen LogP contribution is -2.41. The molecule has 0 radical (unpaired) electrons. The molecule has 5 rings (SSSR count). The van der Waals surface area contributed by atoms with Gasteiger partial charge in [-0.3, -0.25) is 4.79 Å². The maximum atomic E-state index is 13.0. The Balaban J connectivity index is 1.09. The molecule has 0 spiro atoms. The van der Waals surface area contributed by atoms with Gasteiger partial charge in [-0.15, -0.1) is 0 Å². The van der Waals surface area contributed by atoms with E-state index in [2.05, 4.69) is 4.90 Å². The second-order valence-electron chi connectivity index (χ2n) is 9.43. The zero-order valence-electron chi connectivity index (χ0n) is 20.6. The molecule has 3 aliphatic rings. The molecule has 0 N–H and O–H groups in total. The Hall–Kier alpha value is -3.13. The van der Waals surface area contributed by atoms with Gasteiger partial charge in [0.15, 0.2) is 23.0 Å². The summed E-state index contributed by atoms with van der Waals surface area (Å²) in [5.74, 6) is 4.43. The van der Waals surface area contributed by atoms with E-state index in [0.29, 0.717) is 31.2 Å². The number of benzene rings is 2. The van der Waals surface area contributed by atoms with Crippen LogP contribution < -0.4 is 23.7 Å². The van der Waals surface area contributed by atoms with Gasteiger partial charge in [0, 0.05) is 44.6 Å². The maximum absolute atomic E-state index is 13.0. The molecule has 1 fully saturated rings. The summed E-state index contributed by atoms with van der Waals surface area (Å²) >= 11 is 0. The number of amides is 1. The van der Waals surface area contributed by atoms with Crippen molar-refractivity contribution in [1.82, 2.24) is 9.80 Å². The predicted molar refractivity (Wildman–Crippen MR) is 131 cm³/mol. The van der Waals surface area contributed by atoms with Crippen LogP contribution in [0.1, 0.15) is 30.4 Å². The Morgan fingerprint density at radius 3 is 2.66 bits per heavy atom. The van der Waals surface area contributed by atoms with Crippen molar-refractivity contribution < 1.29 is 28.5 Å². The fraction of sp³-hybridized carbons (Fsp3) is 0.519. The van der Waals surface area contributed by atoms with Crippen LogP contribution in [0.3, 0.4) is 0 Å². The summed E-state index contributed by atoms with van der Waals surface area (Å²) in [6, 6.07) is 9.75. The van der Waals surface area contributed by atoms with Crippen LogP contribution >= 0.6 is 0 Å². The van der Waals surface area contributed by atoms with Crippen LogP contribution in [-0.4, -0.2) is 69.5 Å². The summed E-state index contributed by atoms with van der Waals surface area (Å²) < 4.78 is 27.7. The summed E-state index contributed by atoms with van der Waals surface area (Å²) in [6.07, 6.45) is 3.65. The number of piperidine rings is 1. The van der Waals surface area contributed by atoms with Crippen LogP contribution in [0.5, 0.6) is 28.7 Å². The minimum Gasteiger partial charge on any atom is -0.493 e. The van der Waals surface area contributed by atoms with E-state index in [9.17, 15) is 4.79 Å². The van der Waals surface area contributed by atoms with Crippen LogP contribution in [0.15, 0.2) is 30.3 Å². The third kappa shape index (κ3) is 5.42. The van der Waals surface area contributed by atoms with E-state index in [0.717, 1.165) is 74.0 Å². The van der Waals surface area contributed by atoms with Crippen molar-refractivity contribution in [3.8, 4) is 28.7 Å². The molecule has 8 nitrogen and oxygen atoms in total. The van der Waals surface area contributed by atoms with Crippen LogP contribution in [0.25, 0.3) is 0 Å². The fourth-order valence-electron chi connectivity index (χ4n) is 5.18. The minimum absolute atomic E-state index is 0.212. The number of likely N-dealkylation sites (tertiary alicyclic amines) is 1. The van der Waals surface area contributed by atoms with Gasteiger partial charge >= 0.3 is 0 Å². The predicted octanol–water partition coefficient (Wildman–Crippen LogP) is 3.50. The van der Waals surface area contributed by atoms with Crippen LogP contribution in [0.4, 0.5) is 0 Å². The third-order valence-corrected chi connectivity index (χ3v) is 7.15. The number of hydrogen-bond donors (Lipinski definition) is 0. The SMILES string of the molecule is COc1cc2c(cc1OC)CN(C(=O)CCN1CCCC(COc3ccc4c(c3)OCO4)C1)CC2. The maximum Gasteiger partial charge on any atom is 0.231 e. The highest BCUT2D eigenvalue weighted by atomic mass is 16.7. The monoisotopic (exact) mass is 482 g/mol. The van der Waals surface area contributed by atoms with Gasteiger partial charge in [0.25, 0.3) is 0 Å². The summed E-state index contributed by atoms with van der Waals surface area (Å²) in [7, 11) is 3.29. The first kappa shape index (κ1) is 23.6. The molecule has 35 heavy (non-hydrogen) atoms. The molecule has 0 saturated carbocycles. The van der Waals surface area contributed by atoms with Gasteiger partial charge in [0.2, 0.25) is 12.7 Å². The molecule has 0 aromatic heterocycles.